The Hall–Kier alpha value is -3.20. The van der Waals surface area contributed by atoms with Crippen LogP contribution in [0, 0.1) is 0 Å². The normalized spacial score (nSPS) is 11.0. The molecule has 5 rings (SSSR count). The zero-order valence-corrected chi connectivity index (χ0v) is 17.3. The lowest BCUT2D eigenvalue weighted by Gasteiger charge is -2.19. The van der Waals surface area contributed by atoms with Crippen molar-refractivity contribution >= 4 is 44.7 Å². The Labute approximate surface area is 184 Å². The minimum Gasteiger partial charge on any atom is -0.456 e. The monoisotopic (exact) mass is 430 g/mol. The molecule has 0 aliphatic rings. The number of halogens is 2. The van der Waals surface area contributed by atoms with E-state index >= 15 is 0 Å². The minimum absolute atomic E-state index is 0.582. The second kappa shape index (κ2) is 7.91. The zero-order chi connectivity index (χ0) is 20.5. The SMILES string of the molecule is Clc1cccc2c(Oc3ccccc3)c3c(Cl)cccc3c(Oc3ccccc3)c12. The molecule has 0 aliphatic heterocycles. The Balaban J connectivity index is 1.86. The van der Waals surface area contributed by atoms with Gasteiger partial charge in [0.25, 0.3) is 0 Å². The van der Waals surface area contributed by atoms with Gasteiger partial charge in [-0.15, -0.1) is 0 Å². The first-order chi connectivity index (χ1) is 14.7. The van der Waals surface area contributed by atoms with Crippen LogP contribution in [-0.2, 0) is 0 Å². The van der Waals surface area contributed by atoms with Gasteiger partial charge < -0.3 is 9.47 Å². The van der Waals surface area contributed by atoms with Crippen LogP contribution in [0.2, 0.25) is 10.0 Å². The van der Waals surface area contributed by atoms with Gasteiger partial charge in [-0.2, -0.15) is 0 Å². The predicted octanol–water partition coefficient (Wildman–Crippen LogP) is 8.88. The lowest BCUT2D eigenvalue weighted by molar-refractivity contribution is 0.486. The molecule has 0 bridgehead atoms. The van der Waals surface area contributed by atoms with Crippen LogP contribution in [0.25, 0.3) is 21.5 Å². The zero-order valence-electron chi connectivity index (χ0n) is 15.8. The molecule has 0 radical (unpaired) electrons. The number of hydrogen-bond donors (Lipinski definition) is 0. The number of fused-ring (bicyclic) bond motifs is 2. The van der Waals surface area contributed by atoms with E-state index in [2.05, 4.69) is 0 Å². The fourth-order valence-corrected chi connectivity index (χ4v) is 4.10. The molecule has 146 valence electrons. The van der Waals surface area contributed by atoms with Gasteiger partial charge in [0.05, 0.1) is 10.0 Å². The molecular formula is C26H16Cl2O2. The summed E-state index contributed by atoms with van der Waals surface area (Å²) in [5, 5.41) is 4.39. The molecule has 30 heavy (non-hydrogen) atoms. The van der Waals surface area contributed by atoms with E-state index in [1.54, 1.807) is 0 Å². The molecular weight excluding hydrogens is 415 g/mol. The number of para-hydroxylation sites is 2. The van der Waals surface area contributed by atoms with Crippen LogP contribution in [0.1, 0.15) is 0 Å². The van der Waals surface area contributed by atoms with Gasteiger partial charge >= 0.3 is 0 Å². The molecule has 0 spiro atoms. The topological polar surface area (TPSA) is 18.5 Å². The van der Waals surface area contributed by atoms with Crippen molar-refractivity contribution in [3.05, 3.63) is 107 Å². The quantitative estimate of drug-likeness (QED) is 0.265. The lowest BCUT2D eigenvalue weighted by Crippen LogP contribution is -1.94. The molecule has 5 aromatic carbocycles. The summed E-state index contributed by atoms with van der Waals surface area (Å²) in [6.07, 6.45) is 0. The molecule has 0 N–H and O–H groups in total. The first kappa shape index (κ1) is 18.8. The fourth-order valence-electron chi connectivity index (χ4n) is 3.58. The first-order valence-electron chi connectivity index (χ1n) is 9.50. The molecule has 0 saturated heterocycles. The van der Waals surface area contributed by atoms with Crippen molar-refractivity contribution < 1.29 is 9.47 Å². The second-order valence-electron chi connectivity index (χ2n) is 6.81. The molecule has 0 heterocycles. The van der Waals surface area contributed by atoms with Crippen LogP contribution in [0.3, 0.4) is 0 Å². The molecule has 0 saturated carbocycles. The third kappa shape index (κ3) is 3.35. The highest BCUT2D eigenvalue weighted by Gasteiger charge is 2.21. The Morgan fingerprint density at radius 1 is 0.433 bits per heavy atom. The highest BCUT2D eigenvalue weighted by Crippen LogP contribution is 2.49. The van der Waals surface area contributed by atoms with Crippen molar-refractivity contribution in [1.29, 1.82) is 0 Å². The van der Waals surface area contributed by atoms with E-state index in [1.165, 1.54) is 0 Å². The molecule has 0 fully saturated rings. The highest BCUT2D eigenvalue weighted by molar-refractivity contribution is 6.40. The van der Waals surface area contributed by atoms with Gasteiger partial charge in [-0.3, -0.25) is 0 Å². The Kier molecular flexibility index (Phi) is 4.96. The predicted molar refractivity (Wildman–Crippen MR) is 125 cm³/mol. The molecule has 5 aromatic rings. The summed E-state index contributed by atoms with van der Waals surface area (Å²) in [5.41, 5.74) is 0. The molecule has 2 nitrogen and oxygen atoms in total. The average molecular weight is 431 g/mol. The van der Waals surface area contributed by atoms with E-state index < -0.39 is 0 Å². The summed E-state index contributed by atoms with van der Waals surface area (Å²) in [6.45, 7) is 0. The van der Waals surface area contributed by atoms with Crippen LogP contribution >= 0.6 is 23.2 Å². The van der Waals surface area contributed by atoms with Crippen molar-refractivity contribution in [2.75, 3.05) is 0 Å². The van der Waals surface area contributed by atoms with E-state index in [4.69, 9.17) is 32.7 Å². The standard InChI is InChI=1S/C26H16Cl2O2/c27-21-15-8-14-20-23(21)25(29-17-9-3-1-4-10-17)19-13-7-16-22(28)24(19)26(20)30-18-11-5-2-6-12-18/h1-16H. The first-order valence-corrected chi connectivity index (χ1v) is 10.3. The van der Waals surface area contributed by atoms with Gasteiger partial charge in [-0.25, -0.2) is 0 Å². The Morgan fingerprint density at radius 3 is 1.23 bits per heavy atom. The largest absolute Gasteiger partial charge is 0.456 e. The summed E-state index contributed by atoms with van der Waals surface area (Å²) < 4.78 is 12.7. The summed E-state index contributed by atoms with van der Waals surface area (Å²) in [7, 11) is 0. The van der Waals surface area contributed by atoms with Crippen LogP contribution in [0.15, 0.2) is 97.1 Å². The Bertz CT molecular complexity index is 1240. The third-order valence-electron chi connectivity index (χ3n) is 4.90. The van der Waals surface area contributed by atoms with Crippen molar-refractivity contribution in [2.45, 2.75) is 0 Å². The average Bonchev–Trinajstić information content (AvgIpc) is 2.77. The van der Waals surface area contributed by atoms with Crippen LogP contribution < -0.4 is 9.47 Å². The summed E-state index contributed by atoms with van der Waals surface area (Å²) in [4.78, 5) is 0. The van der Waals surface area contributed by atoms with E-state index in [9.17, 15) is 0 Å². The van der Waals surface area contributed by atoms with E-state index in [0.29, 0.717) is 21.5 Å². The van der Waals surface area contributed by atoms with Crippen LogP contribution in [-0.4, -0.2) is 0 Å². The van der Waals surface area contributed by atoms with E-state index in [-0.39, 0.29) is 0 Å². The van der Waals surface area contributed by atoms with Gasteiger partial charge in [0.15, 0.2) is 0 Å². The van der Waals surface area contributed by atoms with Crippen molar-refractivity contribution in [1.82, 2.24) is 0 Å². The van der Waals surface area contributed by atoms with Gasteiger partial charge in [-0.1, -0.05) is 83.9 Å². The second-order valence-corrected chi connectivity index (χ2v) is 7.63. The molecule has 0 unspecified atom stereocenters. The number of ether oxygens (including phenoxy) is 2. The van der Waals surface area contributed by atoms with Gasteiger partial charge in [0, 0.05) is 21.5 Å². The number of benzene rings is 5. The minimum atomic E-state index is 0.582. The van der Waals surface area contributed by atoms with E-state index in [0.717, 1.165) is 33.0 Å². The van der Waals surface area contributed by atoms with E-state index in [1.807, 2.05) is 97.1 Å². The number of hydrogen-bond acceptors (Lipinski definition) is 2. The summed E-state index contributed by atoms with van der Waals surface area (Å²) in [5.74, 6) is 2.74. The fraction of sp³-hybridized carbons (Fsp3) is 0. The van der Waals surface area contributed by atoms with Gasteiger partial charge in [0.1, 0.15) is 23.0 Å². The molecule has 0 atom stereocenters. The van der Waals surface area contributed by atoms with Crippen molar-refractivity contribution in [2.24, 2.45) is 0 Å². The van der Waals surface area contributed by atoms with Gasteiger partial charge in [-0.05, 0) is 36.4 Å². The highest BCUT2D eigenvalue weighted by atomic mass is 35.5. The maximum atomic E-state index is 6.68. The maximum Gasteiger partial charge on any atom is 0.144 e. The molecule has 0 aliphatic carbocycles. The molecule has 0 amide bonds. The summed E-state index contributed by atoms with van der Waals surface area (Å²) in [6, 6.07) is 30.7. The Morgan fingerprint density at radius 2 is 0.833 bits per heavy atom. The van der Waals surface area contributed by atoms with Gasteiger partial charge in [0.2, 0.25) is 0 Å². The van der Waals surface area contributed by atoms with Crippen LogP contribution in [0.5, 0.6) is 23.0 Å². The van der Waals surface area contributed by atoms with Crippen molar-refractivity contribution in [3.63, 3.8) is 0 Å². The molecule has 4 heteroatoms. The lowest BCUT2D eigenvalue weighted by atomic mass is 10.00. The third-order valence-corrected chi connectivity index (χ3v) is 5.53. The van der Waals surface area contributed by atoms with Crippen molar-refractivity contribution in [3.8, 4) is 23.0 Å². The van der Waals surface area contributed by atoms with Crippen LogP contribution in [0.4, 0.5) is 0 Å². The number of rotatable bonds is 4. The maximum absolute atomic E-state index is 6.68. The molecule has 0 aromatic heterocycles. The smallest absolute Gasteiger partial charge is 0.144 e. The summed E-state index contributed by atoms with van der Waals surface area (Å²) >= 11 is 13.4.